The van der Waals surface area contributed by atoms with Crippen molar-refractivity contribution in [3.05, 3.63) is 11.9 Å². The molecule has 2 rings (SSSR count). The molecule has 0 saturated heterocycles. The van der Waals surface area contributed by atoms with Crippen LogP contribution in [-0.4, -0.2) is 26.8 Å². The highest BCUT2D eigenvalue weighted by Gasteiger charge is 2.27. The van der Waals surface area contributed by atoms with Gasteiger partial charge in [-0.15, -0.1) is 5.10 Å². The Labute approximate surface area is 88.6 Å². The Balaban J connectivity index is 2.01. The lowest BCUT2D eigenvalue weighted by atomic mass is 9.96. The van der Waals surface area contributed by atoms with Crippen molar-refractivity contribution in [2.75, 3.05) is 0 Å². The standard InChI is InChI=1S/C10H16N4O/c1-14-9(6-12-13-14)10(15)5-7-3-2-4-8(7)11/h6-8H,2-5,11H2,1H3/t7-,8+/m0/s1. The number of hydrogen-bond donors (Lipinski definition) is 1. The summed E-state index contributed by atoms with van der Waals surface area (Å²) in [5.41, 5.74) is 6.51. The highest BCUT2D eigenvalue weighted by atomic mass is 16.1. The molecule has 0 aliphatic heterocycles. The van der Waals surface area contributed by atoms with Gasteiger partial charge < -0.3 is 5.73 Å². The first-order valence-electron chi connectivity index (χ1n) is 5.32. The summed E-state index contributed by atoms with van der Waals surface area (Å²) in [6.45, 7) is 0. The fourth-order valence-electron chi connectivity index (χ4n) is 2.20. The molecule has 2 atom stereocenters. The number of nitrogens with two attached hydrogens (primary N) is 1. The number of aryl methyl sites for hydroxylation is 1. The van der Waals surface area contributed by atoms with E-state index in [4.69, 9.17) is 5.73 Å². The molecule has 5 heteroatoms. The molecule has 1 heterocycles. The van der Waals surface area contributed by atoms with E-state index >= 15 is 0 Å². The van der Waals surface area contributed by atoms with Crippen molar-refractivity contribution in [1.82, 2.24) is 15.0 Å². The van der Waals surface area contributed by atoms with Crippen LogP contribution < -0.4 is 5.73 Å². The average molecular weight is 208 g/mol. The molecule has 0 unspecified atom stereocenters. The van der Waals surface area contributed by atoms with Gasteiger partial charge >= 0.3 is 0 Å². The largest absolute Gasteiger partial charge is 0.327 e. The van der Waals surface area contributed by atoms with Crippen LogP contribution in [0.2, 0.25) is 0 Å². The van der Waals surface area contributed by atoms with Crippen molar-refractivity contribution in [2.45, 2.75) is 31.7 Å². The summed E-state index contributed by atoms with van der Waals surface area (Å²) < 4.78 is 1.52. The third kappa shape index (κ3) is 2.07. The van der Waals surface area contributed by atoms with E-state index in [1.54, 1.807) is 7.05 Å². The molecule has 0 spiro atoms. The van der Waals surface area contributed by atoms with E-state index in [9.17, 15) is 4.79 Å². The van der Waals surface area contributed by atoms with Crippen LogP contribution in [0.1, 0.15) is 36.2 Å². The second-order valence-corrected chi connectivity index (χ2v) is 4.22. The normalized spacial score (nSPS) is 25.7. The Bertz CT molecular complexity index is 360. The SMILES string of the molecule is Cn1nncc1C(=O)C[C@@H]1CCC[C@H]1N. The van der Waals surface area contributed by atoms with Gasteiger partial charge in [0, 0.05) is 19.5 Å². The maximum absolute atomic E-state index is 11.9. The molecule has 0 amide bonds. The Kier molecular flexibility index (Phi) is 2.81. The van der Waals surface area contributed by atoms with Crippen molar-refractivity contribution in [2.24, 2.45) is 18.7 Å². The summed E-state index contributed by atoms with van der Waals surface area (Å²) in [5.74, 6) is 0.442. The molecule has 0 aromatic carbocycles. The summed E-state index contributed by atoms with van der Waals surface area (Å²) >= 11 is 0. The van der Waals surface area contributed by atoms with E-state index in [2.05, 4.69) is 10.3 Å². The number of nitrogens with zero attached hydrogens (tertiary/aromatic N) is 3. The first-order valence-corrected chi connectivity index (χ1v) is 5.32. The zero-order valence-corrected chi connectivity index (χ0v) is 8.89. The Morgan fingerprint density at radius 2 is 2.47 bits per heavy atom. The fraction of sp³-hybridized carbons (Fsp3) is 0.700. The van der Waals surface area contributed by atoms with E-state index in [-0.39, 0.29) is 11.8 Å². The first-order chi connectivity index (χ1) is 7.18. The van der Waals surface area contributed by atoms with Crippen molar-refractivity contribution in [1.29, 1.82) is 0 Å². The number of Topliss-reactive ketones (excluding diaryl/α,β-unsaturated/α-hetero) is 1. The number of hydrogen-bond acceptors (Lipinski definition) is 4. The van der Waals surface area contributed by atoms with E-state index in [0.717, 1.165) is 19.3 Å². The van der Waals surface area contributed by atoms with Crippen molar-refractivity contribution >= 4 is 5.78 Å². The predicted molar refractivity (Wildman–Crippen MR) is 55.3 cm³/mol. The Morgan fingerprint density at radius 3 is 3.00 bits per heavy atom. The van der Waals surface area contributed by atoms with Gasteiger partial charge in [-0.25, -0.2) is 4.68 Å². The van der Waals surface area contributed by atoms with Crippen LogP contribution in [0.4, 0.5) is 0 Å². The quantitative estimate of drug-likeness (QED) is 0.735. The lowest BCUT2D eigenvalue weighted by Crippen LogP contribution is -2.26. The summed E-state index contributed by atoms with van der Waals surface area (Å²) in [6, 6.07) is 0.190. The molecule has 1 aliphatic carbocycles. The van der Waals surface area contributed by atoms with Gasteiger partial charge in [-0.2, -0.15) is 0 Å². The van der Waals surface area contributed by atoms with Gasteiger partial charge in [0.1, 0.15) is 5.69 Å². The molecular formula is C10H16N4O. The van der Waals surface area contributed by atoms with Crippen LogP contribution in [0.3, 0.4) is 0 Å². The minimum atomic E-state index is 0.102. The molecule has 5 nitrogen and oxygen atoms in total. The summed E-state index contributed by atoms with van der Waals surface area (Å²) in [4.78, 5) is 11.9. The maximum Gasteiger partial charge on any atom is 0.182 e. The smallest absolute Gasteiger partial charge is 0.182 e. The number of aromatic nitrogens is 3. The number of rotatable bonds is 3. The lowest BCUT2D eigenvalue weighted by molar-refractivity contribution is 0.0949. The molecule has 1 saturated carbocycles. The minimum Gasteiger partial charge on any atom is -0.327 e. The van der Waals surface area contributed by atoms with E-state index in [1.807, 2.05) is 0 Å². The summed E-state index contributed by atoms with van der Waals surface area (Å²) in [6.07, 6.45) is 5.30. The molecule has 1 fully saturated rings. The van der Waals surface area contributed by atoms with Gasteiger partial charge in [-0.1, -0.05) is 11.6 Å². The van der Waals surface area contributed by atoms with Gasteiger partial charge in [-0.3, -0.25) is 4.79 Å². The summed E-state index contributed by atoms with van der Waals surface area (Å²) in [7, 11) is 1.73. The first kappa shape index (κ1) is 10.3. The highest BCUT2D eigenvalue weighted by molar-refractivity contribution is 5.94. The van der Waals surface area contributed by atoms with Crippen molar-refractivity contribution in [3.8, 4) is 0 Å². The number of carbonyl (C=O) groups excluding carboxylic acids is 1. The molecular weight excluding hydrogens is 192 g/mol. The molecule has 82 valence electrons. The third-order valence-electron chi connectivity index (χ3n) is 3.17. The molecule has 0 radical (unpaired) electrons. The Hall–Kier alpha value is -1.23. The molecule has 1 aromatic heterocycles. The van der Waals surface area contributed by atoms with E-state index in [1.165, 1.54) is 10.9 Å². The second-order valence-electron chi connectivity index (χ2n) is 4.22. The zero-order chi connectivity index (χ0) is 10.8. The molecule has 0 bridgehead atoms. The maximum atomic E-state index is 11.9. The van der Waals surface area contributed by atoms with Gasteiger partial charge in [0.2, 0.25) is 0 Å². The monoisotopic (exact) mass is 208 g/mol. The van der Waals surface area contributed by atoms with Gasteiger partial charge in [0.15, 0.2) is 5.78 Å². The lowest BCUT2D eigenvalue weighted by Gasteiger charge is -2.13. The van der Waals surface area contributed by atoms with Crippen LogP contribution in [-0.2, 0) is 7.05 Å². The van der Waals surface area contributed by atoms with Crippen LogP contribution in [0.15, 0.2) is 6.20 Å². The summed E-state index contributed by atoms with van der Waals surface area (Å²) in [5, 5.41) is 7.44. The molecule has 1 aromatic rings. The predicted octanol–water partition coefficient (Wildman–Crippen LogP) is 0.515. The van der Waals surface area contributed by atoms with Crippen LogP contribution >= 0.6 is 0 Å². The van der Waals surface area contributed by atoms with Crippen molar-refractivity contribution in [3.63, 3.8) is 0 Å². The van der Waals surface area contributed by atoms with Crippen LogP contribution in [0.5, 0.6) is 0 Å². The van der Waals surface area contributed by atoms with Crippen LogP contribution in [0, 0.1) is 5.92 Å². The zero-order valence-electron chi connectivity index (χ0n) is 8.89. The van der Waals surface area contributed by atoms with Crippen molar-refractivity contribution < 1.29 is 4.79 Å². The Morgan fingerprint density at radius 1 is 1.67 bits per heavy atom. The van der Waals surface area contributed by atoms with Gasteiger partial charge in [-0.05, 0) is 18.8 Å². The highest BCUT2D eigenvalue weighted by Crippen LogP contribution is 2.27. The van der Waals surface area contributed by atoms with Crippen LogP contribution in [0.25, 0.3) is 0 Å². The topological polar surface area (TPSA) is 73.8 Å². The molecule has 1 aliphatic rings. The molecule has 2 N–H and O–H groups in total. The minimum absolute atomic E-state index is 0.102. The fourth-order valence-corrected chi connectivity index (χ4v) is 2.20. The average Bonchev–Trinajstić information content (AvgIpc) is 2.76. The van der Waals surface area contributed by atoms with Gasteiger partial charge in [0.05, 0.1) is 6.20 Å². The number of carbonyl (C=O) groups is 1. The molecule has 15 heavy (non-hydrogen) atoms. The number of ketones is 1. The third-order valence-corrected chi connectivity index (χ3v) is 3.17. The van der Waals surface area contributed by atoms with E-state index in [0.29, 0.717) is 18.0 Å². The second kappa shape index (κ2) is 4.10. The van der Waals surface area contributed by atoms with Gasteiger partial charge in [0.25, 0.3) is 0 Å². The van der Waals surface area contributed by atoms with E-state index < -0.39 is 0 Å².